The van der Waals surface area contributed by atoms with Gasteiger partial charge < -0.3 is 15.1 Å². The van der Waals surface area contributed by atoms with Crippen molar-refractivity contribution in [2.75, 3.05) is 44.7 Å². The van der Waals surface area contributed by atoms with E-state index in [1.165, 1.54) is 11.3 Å². The molecule has 0 fully saturated rings. The highest BCUT2D eigenvalue weighted by atomic mass is 15.2. The van der Waals surface area contributed by atoms with Gasteiger partial charge in [0.2, 0.25) is 0 Å². The molecule has 0 N–H and O–H groups in total. The molecule has 1 heterocycles. The molecule has 0 spiro atoms. The molecule has 0 saturated carbocycles. The van der Waals surface area contributed by atoms with Gasteiger partial charge in [0.15, 0.2) is 0 Å². The van der Waals surface area contributed by atoms with Gasteiger partial charge in [0, 0.05) is 25.3 Å². The number of anilines is 1. The van der Waals surface area contributed by atoms with Crippen LogP contribution >= 0.6 is 0 Å². The number of nitrogens with zero attached hydrogens (tertiary/aromatic N) is 3. The molecule has 0 aromatic heterocycles. The quantitative estimate of drug-likeness (QED) is 0.769. The third kappa shape index (κ3) is 2.78. The number of rotatable bonds is 6. The van der Waals surface area contributed by atoms with E-state index in [1.807, 2.05) is 7.05 Å². The first kappa shape index (κ1) is 13.2. The first-order valence-corrected chi connectivity index (χ1v) is 6.98. The minimum atomic E-state index is 1.10. The van der Waals surface area contributed by atoms with Crippen LogP contribution in [0.15, 0.2) is 18.2 Å². The predicted octanol–water partition coefficient (Wildman–Crippen LogP) is 3.03. The van der Waals surface area contributed by atoms with Crippen LogP contribution in [0.3, 0.4) is 0 Å². The van der Waals surface area contributed by atoms with Crippen molar-refractivity contribution in [1.29, 1.82) is 0 Å². The Kier molecular flexibility index (Phi) is 4.48. The molecule has 3 nitrogen and oxygen atoms in total. The van der Waals surface area contributed by atoms with Crippen LogP contribution in [-0.2, 0) is 6.42 Å². The van der Waals surface area contributed by atoms with Gasteiger partial charge in [-0.15, -0.1) is 12.7 Å². The van der Waals surface area contributed by atoms with Crippen LogP contribution in [0.2, 0.25) is 0 Å². The highest BCUT2D eigenvalue weighted by Gasteiger charge is 2.18. The molecule has 0 saturated heterocycles. The zero-order valence-corrected chi connectivity index (χ0v) is 11.8. The van der Waals surface area contributed by atoms with Crippen LogP contribution in [0.1, 0.15) is 19.4 Å². The fraction of sp³-hybridized carbons (Fsp3) is 0.600. The summed E-state index contributed by atoms with van der Waals surface area (Å²) in [5.74, 6) is 0. The predicted molar refractivity (Wildman–Crippen MR) is 79.1 cm³/mol. The molecule has 100 valence electrons. The molecular weight excluding hydrogens is 222 g/mol. The third-order valence-corrected chi connectivity index (χ3v) is 3.89. The smallest absolute Gasteiger partial charge is 0.0399 e. The van der Waals surface area contributed by atoms with Crippen molar-refractivity contribution in [2.45, 2.75) is 20.3 Å². The lowest BCUT2D eigenvalue weighted by molar-refractivity contribution is 0.310. The Morgan fingerprint density at radius 3 is 2.72 bits per heavy atom. The van der Waals surface area contributed by atoms with E-state index in [0.29, 0.717) is 0 Å². The summed E-state index contributed by atoms with van der Waals surface area (Å²) in [7, 11) is 1.86. The maximum absolute atomic E-state index is 4.25. The van der Waals surface area contributed by atoms with Gasteiger partial charge >= 0.3 is 0 Å². The van der Waals surface area contributed by atoms with Gasteiger partial charge in [-0.2, -0.15) is 0 Å². The van der Waals surface area contributed by atoms with Crippen LogP contribution in [0.25, 0.3) is 5.32 Å². The fourth-order valence-electron chi connectivity index (χ4n) is 2.63. The number of likely N-dealkylation sites (N-methyl/N-ethyl adjacent to an activating group) is 1. The Bertz CT molecular complexity index is 385. The largest absolute Gasteiger partial charge is 0.687 e. The molecule has 3 heteroatoms. The molecule has 1 aliphatic heterocycles. The summed E-state index contributed by atoms with van der Waals surface area (Å²) in [6.07, 6.45) is 1.16. The highest BCUT2D eigenvalue weighted by molar-refractivity contribution is 5.65. The Balaban J connectivity index is 1.99. The van der Waals surface area contributed by atoms with Crippen LogP contribution in [0, 0.1) is 0 Å². The molecular formula is C15H24N3-. The van der Waals surface area contributed by atoms with E-state index in [4.69, 9.17) is 0 Å². The zero-order valence-electron chi connectivity index (χ0n) is 11.8. The van der Waals surface area contributed by atoms with Crippen molar-refractivity contribution in [3.8, 4) is 0 Å². The van der Waals surface area contributed by atoms with Crippen molar-refractivity contribution in [2.24, 2.45) is 0 Å². The molecule has 0 aliphatic carbocycles. The lowest BCUT2D eigenvalue weighted by Gasteiger charge is -2.25. The topological polar surface area (TPSA) is 20.6 Å². The fourth-order valence-corrected chi connectivity index (χ4v) is 2.63. The standard InChI is InChI=1S/C15H24N3/c1-4-17(5-2)10-11-18-9-8-13-12-14(16-3)6-7-15(13)18/h6-7,12H,4-5,8-11H2,1-3H3/q-1. The van der Waals surface area contributed by atoms with Crippen molar-refractivity contribution >= 4 is 11.4 Å². The van der Waals surface area contributed by atoms with Gasteiger partial charge in [-0.05, 0) is 31.1 Å². The second kappa shape index (κ2) is 6.10. The highest BCUT2D eigenvalue weighted by Crippen LogP contribution is 2.32. The van der Waals surface area contributed by atoms with E-state index < -0.39 is 0 Å². The van der Waals surface area contributed by atoms with Gasteiger partial charge in [-0.25, -0.2) is 0 Å². The number of fused-ring (bicyclic) bond motifs is 1. The molecule has 0 unspecified atom stereocenters. The van der Waals surface area contributed by atoms with Crippen molar-refractivity contribution in [3.05, 3.63) is 29.1 Å². The number of hydrogen-bond donors (Lipinski definition) is 0. The number of hydrogen-bond acceptors (Lipinski definition) is 2. The SMILES string of the molecule is CCN(CC)CCN1CCc2cc([N-]C)ccc21. The molecule has 2 rings (SSSR count). The van der Waals surface area contributed by atoms with E-state index in [9.17, 15) is 0 Å². The summed E-state index contributed by atoms with van der Waals surface area (Å²) < 4.78 is 0. The third-order valence-electron chi connectivity index (χ3n) is 3.89. The second-order valence-electron chi connectivity index (χ2n) is 4.80. The molecule has 0 atom stereocenters. The Labute approximate surface area is 111 Å². The maximum atomic E-state index is 4.25. The minimum absolute atomic E-state index is 1.10. The summed E-state index contributed by atoms with van der Waals surface area (Å²) in [5.41, 5.74) is 3.96. The zero-order chi connectivity index (χ0) is 13.0. The van der Waals surface area contributed by atoms with Crippen LogP contribution in [0.5, 0.6) is 0 Å². The molecule has 18 heavy (non-hydrogen) atoms. The van der Waals surface area contributed by atoms with Crippen molar-refractivity contribution in [3.63, 3.8) is 0 Å². The van der Waals surface area contributed by atoms with Gasteiger partial charge in [0.25, 0.3) is 0 Å². The number of benzene rings is 1. The molecule has 0 amide bonds. The summed E-state index contributed by atoms with van der Waals surface area (Å²) >= 11 is 0. The average Bonchev–Trinajstić information content (AvgIpc) is 2.82. The van der Waals surface area contributed by atoms with Crippen LogP contribution in [-0.4, -0.2) is 44.7 Å². The van der Waals surface area contributed by atoms with E-state index >= 15 is 0 Å². The lowest BCUT2D eigenvalue weighted by Crippen LogP contribution is -2.34. The average molecular weight is 246 g/mol. The van der Waals surface area contributed by atoms with Crippen molar-refractivity contribution < 1.29 is 0 Å². The summed E-state index contributed by atoms with van der Waals surface area (Å²) in [4.78, 5) is 4.99. The maximum Gasteiger partial charge on any atom is 0.0399 e. The van der Waals surface area contributed by atoms with Gasteiger partial charge in [0.1, 0.15) is 0 Å². The molecule has 1 aromatic carbocycles. The molecule has 0 radical (unpaired) electrons. The Morgan fingerprint density at radius 1 is 1.28 bits per heavy atom. The summed E-state index contributed by atoms with van der Waals surface area (Å²) in [6.45, 7) is 10.2. The minimum Gasteiger partial charge on any atom is -0.687 e. The Morgan fingerprint density at radius 2 is 2.06 bits per heavy atom. The van der Waals surface area contributed by atoms with Crippen LogP contribution < -0.4 is 4.90 Å². The van der Waals surface area contributed by atoms with Gasteiger partial charge in [0.05, 0.1) is 0 Å². The molecule has 0 bridgehead atoms. The van der Waals surface area contributed by atoms with Crippen molar-refractivity contribution in [1.82, 2.24) is 4.90 Å². The monoisotopic (exact) mass is 246 g/mol. The lowest BCUT2D eigenvalue weighted by atomic mass is 10.1. The second-order valence-corrected chi connectivity index (χ2v) is 4.80. The van der Waals surface area contributed by atoms with Crippen LogP contribution in [0.4, 0.5) is 11.4 Å². The van der Waals surface area contributed by atoms with Gasteiger partial charge in [-0.3, -0.25) is 0 Å². The normalized spacial score (nSPS) is 14.1. The summed E-state index contributed by atoms with van der Waals surface area (Å²) in [6, 6.07) is 6.58. The van der Waals surface area contributed by atoms with E-state index in [2.05, 4.69) is 47.2 Å². The van der Waals surface area contributed by atoms with Gasteiger partial charge in [-0.1, -0.05) is 26.0 Å². The van der Waals surface area contributed by atoms with E-state index in [1.54, 1.807) is 0 Å². The molecule has 1 aromatic rings. The Hall–Kier alpha value is -1.22. The first-order chi connectivity index (χ1) is 8.78. The van der Waals surface area contributed by atoms with E-state index in [0.717, 1.165) is 44.8 Å². The summed E-state index contributed by atoms with van der Waals surface area (Å²) in [5, 5.41) is 4.25. The molecule has 1 aliphatic rings. The first-order valence-electron chi connectivity index (χ1n) is 6.98. The van der Waals surface area contributed by atoms with E-state index in [-0.39, 0.29) is 0 Å².